The maximum atomic E-state index is 8.70. The van der Waals surface area contributed by atoms with Gasteiger partial charge in [-0.3, -0.25) is 0 Å². The molecule has 0 fully saturated rings. The van der Waals surface area contributed by atoms with E-state index in [0.717, 1.165) is 5.56 Å². The average molecular weight is 214 g/mol. The number of hydrogen-bond donors (Lipinski definition) is 0. The summed E-state index contributed by atoms with van der Waals surface area (Å²) in [4.78, 5) is 4.52. The Morgan fingerprint density at radius 2 is 2.06 bits per heavy atom. The second kappa shape index (κ2) is 4.36. The van der Waals surface area contributed by atoms with Gasteiger partial charge in [0.25, 0.3) is 0 Å². The van der Waals surface area contributed by atoms with E-state index in [2.05, 4.69) is 24.9 Å². The molecule has 0 aromatic heterocycles. The SMILES string of the molecule is CC(C)[C@@H]1COC(c2ccc(C#N)cc2)=N1. The molecule has 0 saturated carbocycles. The van der Waals surface area contributed by atoms with Crippen molar-refractivity contribution in [2.45, 2.75) is 19.9 Å². The zero-order valence-corrected chi connectivity index (χ0v) is 9.47. The Morgan fingerprint density at radius 3 is 2.56 bits per heavy atom. The summed E-state index contributed by atoms with van der Waals surface area (Å²) in [7, 11) is 0. The third-order valence-corrected chi connectivity index (χ3v) is 2.70. The van der Waals surface area contributed by atoms with E-state index in [1.165, 1.54) is 0 Å². The Bertz CT molecular complexity index is 440. The van der Waals surface area contributed by atoms with E-state index in [0.29, 0.717) is 24.0 Å². The average Bonchev–Trinajstić information content (AvgIpc) is 2.78. The number of nitrogens with zero attached hydrogens (tertiary/aromatic N) is 2. The van der Waals surface area contributed by atoms with E-state index < -0.39 is 0 Å². The quantitative estimate of drug-likeness (QED) is 0.758. The Labute approximate surface area is 95.4 Å². The summed E-state index contributed by atoms with van der Waals surface area (Å²) in [6.07, 6.45) is 0. The minimum absolute atomic E-state index is 0.255. The predicted octanol–water partition coefficient (Wildman–Crippen LogP) is 2.36. The first-order valence-corrected chi connectivity index (χ1v) is 5.42. The number of benzene rings is 1. The number of hydrogen-bond acceptors (Lipinski definition) is 3. The molecule has 0 bridgehead atoms. The van der Waals surface area contributed by atoms with Crippen molar-refractivity contribution in [1.82, 2.24) is 0 Å². The van der Waals surface area contributed by atoms with Gasteiger partial charge >= 0.3 is 0 Å². The summed E-state index contributed by atoms with van der Waals surface area (Å²) in [5.41, 5.74) is 1.60. The lowest BCUT2D eigenvalue weighted by Gasteiger charge is -2.06. The van der Waals surface area contributed by atoms with E-state index in [4.69, 9.17) is 10.00 Å². The van der Waals surface area contributed by atoms with Crippen molar-refractivity contribution in [3.63, 3.8) is 0 Å². The molecule has 1 aliphatic heterocycles. The van der Waals surface area contributed by atoms with E-state index in [9.17, 15) is 0 Å². The van der Waals surface area contributed by atoms with Crippen molar-refractivity contribution in [3.8, 4) is 6.07 Å². The molecule has 82 valence electrons. The van der Waals surface area contributed by atoms with Gasteiger partial charge in [-0.2, -0.15) is 5.26 Å². The molecule has 1 aliphatic rings. The van der Waals surface area contributed by atoms with Gasteiger partial charge in [-0.1, -0.05) is 13.8 Å². The van der Waals surface area contributed by atoms with Crippen LogP contribution in [0.2, 0.25) is 0 Å². The Morgan fingerprint density at radius 1 is 1.38 bits per heavy atom. The zero-order valence-electron chi connectivity index (χ0n) is 9.47. The molecule has 0 N–H and O–H groups in total. The maximum Gasteiger partial charge on any atom is 0.216 e. The molecule has 1 aromatic carbocycles. The lowest BCUT2D eigenvalue weighted by Crippen LogP contribution is -2.13. The van der Waals surface area contributed by atoms with Gasteiger partial charge in [0.2, 0.25) is 5.90 Å². The Kier molecular flexibility index (Phi) is 2.91. The van der Waals surface area contributed by atoms with Crippen LogP contribution in [0.1, 0.15) is 25.0 Å². The monoisotopic (exact) mass is 214 g/mol. The van der Waals surface area contributed by atoms with Crippen molar-refractivity contribution in [2.75, 3.05) is 6.61 Å². The van der Waals surface area contributed by atoms with Gasteiger partial charge in [0.15, 0.2) is 0 Å². The van der Waals surface area contributed by atoms with Gasteiger partial charge in [0.1, 0.15) is 6.61 Å². The van der Waals surface area contributed by atoms with Gasteiger partial charge in [-0.15, -0.1) is 0 Å². The van der Waals surface area contributed by atoms with Gasteiger partial charge in [0.05, 0.1) is 17.7 Å². The highest BCUT2D eigenvalue weighted by atomic mass is 16.5. The molecule has 1 heterocycles. The molecule has 0 radical (unpaired) electrons. The molecule has 0 amide bonds. The van der Waals surface area contributed by atoms with Crippen LogP contribution < -0.4 is 0 Å². The molecule has 0 saturated heterocycles. The van der Waals surface area contributed by atoms with Crippen LogP contribution in [0.5, 0.6) is 0 Å². The van der Waals surface area contributed by atoms with Crippen LogP contribution in [0.15, 0.2) is 29.3 Å². The summed E-state index contributed by atoms with van der Waals surface area (Å²) in [6.45, 7) is 4.94. The van der Waals surface area contributed by atoms with Crippen molar-refractivity contribution in [1.29, 1.82) is 5.26 Å². The lowest BCUT2D eigenvalue weighted by atomic mass is 10.1. The topological polar surface area (TPSA) is 45.4 Å². The van der Waals surface area contributed by atoms with Crippen LogP contribution >= 0.6 is 0 Å². The van der Waals surface area contributed by atoms with Gasteiger partial charge in [0, 0.05) is 5.56 Å². The van der Waals surface area contributed by atoms with Gasteiger partial charge in [-0.25, -0.2) is 4.99 Å². The first-order valence-electron chi connectivity index (χ1n) is 5.42. The lowest BCUT2D eigenvalue weighted by molar-refractivity contribution is 0.292. The summed E-state index contributed by atoms with van der Waals surface area (Å²) < 4.78 is 5.55. The van der Waals surface area contributed by atoms with Crippen molar-refractivity contribution in [2.24, 2.45) is 10.9 Å². The number of rotatable bonds is 2. The van der Waals surface area contributed by atoms with E-state index >= 15 is 0 Å². The number of ether oxygens (including phenoxy) is 1. The predicted molar refractivity (Wildman–Crippen MR) is 62.3 cm³/mol. The fraction of sp³-hybridized carbons (Fsp3) is 0.385. The fourth-order valence-electron chi connectivity index (χ4n) is 1.58. The van der Waals surface area contributed by atoms with Crippen molar-refractivity contribution in [3.05, 3.63) is 35.4 Å². The molecule has 0 spiro atoms. The zero-order chi connectivity index (χ0) is 11.5. The minimum Gasteiger partial charge on any atom is -0.475 e. The van der Waals surface area contributed by atoms with Gasteiger partial charge < -0.3 is 4.74 Å². The molecule has 16 heavy (non-hydrogen) atoms. The number of nitriles is 1. The highest BCUT2D eigenvalue weighted by Gasteiger charge is 2.22. The normalized spacial score (nSPS) is 19.1. The third kappa shape index (κ3) is 2.06. The smallest absolute Gasteiger partial charge is 0.216 e. The first kappa shape index (κ1) is 10.7. The molecule has 3 nitrogen and oxygen atoms in total. The van der Waals surface area contributed by atoms with E-state index in [1.54, 1.807) is 12.1 Å². The largest absolute Gasteiger partial charge is 0.475 e. The molecular formula is C13H14N2O. The second-order valence-electron chi connectivity index (χ2n) is 4.25. The minimum atomic E-state index is 0.255. The van der Waals surface area contributed by atoms with Crippen LogP contribution in [-0.2, 0) is 4.74 Å². The summed E-state index contributed by atoms with van der Waals surface area (Å²) in [5, 5.41) is 8.70. The highest BCUT2D eigenvalue weighted by molar-refractivity contribution is 5.95. The van der Waals surface area contributed by atoms with E-state index in [1.807, 2.05) is 12.1 Å². The fourth-order valence-corrected chi connectivity index (χ4v) is 1.58. The molecule has 0 unspecified atom stereocenters. The van der Waals surface area contributed by atoms with Gasteiger partial charge in [-0.05, 0) is 30.2 Å². The second-order valence-corrected chi connectivity index (χ2v) is 4.25. The Balaban J connectivity index is 2.20. The summed E-state index contributed by atoms with van der Waals surface area (Å²) >= 11 is 0. The molecule has 2 rings (SSSR count). The first-order chi connectivity index (χ1) is 7.70. The summed E-state index contributed by atoms with van der Waals surface area (Å²) in [5.74, 6) is 1.19. The van der Waals surface area contributed by atoms with Crippen LogP contribution in [0.4, 0.5) is 0 Å². The highest BCUT2D eigenvalue weighted by Crippen LogP contribution is 2.17. The standard InChI is InChI=1S/C13H14N2O/c1-9(2)12-8-16-13(15-12)11-5-3-10(7-14)4-6-11/h3-6,9,12H,8H2,1-2H3/t12-/m0/s1. The van der Waals surface area contributed by atoms with Crippen LogP contribution in [0, 0.1) is 17.2 Å². The van der Waals surface area contributed by atoms with Crippen molar-refractivity contribution < 1.29 is 4.74 Å². The Hall–Kier alpha value is -1.82. The molecule has 3 heteroatoms. The van der Waals surface area contributed by atoms with Crippen LogP contribution in [0.3, 0.4) is 0 Å². The van der Waals surface area contributed by atoms with E-state index in [-0.39, 0.29) is 6.04 Å². The molecule has 1 atom stereocenters. The van der Waals surface area contributed by atoms with Crippen molar-refractivity contribution >= 4 is 5.90 Å². The summed E-state index contributed by atoms with van der Waals surface area (Å²) in [6, 6.07) is 9.66. The number of aliphatic imine (C=N–C) groups is 1. The maximum absolute atomic E-state index is 8.70. The van der Waals surface area contributed by atoms with Crippen LogP contribution in [-0.4, -0.2) is 18.5 Å². The third-order valence-electron chi connectivity index (χ3n) is 2.70. The molecule has 1 aromatic rings. The van der Waals surface area contributed by atoms with Crippen LogP contribution in [0.25, 0.3) is 0 Å². The molecular weight excluding hydrogens is 200 g/mol. The molecule has 0 aliphatic carbocycles.